The number of ether oxygens (including phenoxy) is 1. The fraction of sp³-hybridized carbons (Fsp3) is 0.240. The topological polar surface area (TPSA) is 78.9 Å². The Morgan fingerprint density at radius 2 is 1.53 bits per heavy atom. The van der Waals surface area contributed by atoms with E-state index in [0.29, 0.717) is 37.6 Å². The van der Waals surface area contributed by atoms with Crippen molar-refractivity contribution in [3.63, 3.8) is 0 Å². The van der Waals surface area contributed by atoms with Crippen LogP contribution < -0.4 is 14.4 Å². The number of nitrogens with zero attached hydrogens (tertiary/aromatic N) is 2. The highest BCUT2D eigenvalue weighted by Crippen LogP contribution is 2.20. The average Bonchev–Trinajstić information content (AvgIpc) is 2.85. The van der Waals surface area contributed by atoms with Crippen LogP contribution in [0.5, 0.6) is 5.75 Å². The quantitative estimate of drug-likeness (QED) is 0.555. The predicted octanol–water partition coefficient (Wildman–Crippen LogP) is 3.66. The second-order valence-corrected chi connectivity index (χ2v) is 9.76. The van der Waals surface area contributed by atoms with Crippen LogP contribution in [0.25, 0.3) is 0 Å². The highest BCUT2D eigenvalue weighted by molar-refractivity contribution is 7.92. The molecule has 178 valence electrons. The van der Waals surface area contributed by atoms with Gasteiger partial charge < -0.3 is 14.5 Å². The lowest BCUT2D eigenvalue weighted by Crippen LogP contribution is -2.50. The maximum Gasteiger partial charge on any atom is 0.261 e. The minimum absolute atomic E-state index is 0.101. The molecule has 1 amide bonds. The molecule has 0 aromatic heterocycles. The van der Waals surface area contributed by atoms with Gasteiger partial charge in [0.05, 0.1) is 4.90 Å². The number of sulfonamides is 1. The van der Waals surface area contributed by atoms with E-state index >= 15 is 0 Å². The van der Waals surface area contributed by atoms with E-state index in [1.807, 2.05) is 19.1 Å². The standard InChI is InChI=1S/C25H26FN3O4S/c1-19-2-6-21(7-3-19)27-34(31,32)24-12-10-23(11-13-24)33-18-25(30)29-16-14-28(15-17-29)22-8-4-20(26)5-9-22/h2-13,27H,14-18H2,1H3. The summed E-state index contributed by atoms with van der Waals surface area (Å²) in [5.41, 5.74) is 2.45. The summed E-state index contributed by atoms with van der Waals surface area (Å²) in [7, 11) is -3.73. The molecule has 0 bridgehead atoms. The summed E-state index contributed by atoms with van der Waals surface area (Å²) in [6.45, 7) is 4.18. The van der Waals surface area contributed by atoms with Gasteiger partial charge in [-0.1, -0.05) is 17.7 Å². The number of carbonyl (C=O) groups is 1. The average molecular weight is 484 g/mol. The van der Waals surface area contributed by atoms with Crippen LogP contribution in [0, 0.1) is 12.7 Å². The molecule has 3 aromatic carbocycles. The van der Waals surface area contributed by atoms with Crippen molar-refractivity contribution in [2.24, 2.45) is 0 Å². The van der Waals surface area contributed by atoms with Crippen molar-refractivity contribution in [3.8, 4) is 5.75 Å². The number of aryl methyl sites for hydroxylation is 1. The van der Waals surface area contributed by atoms with E-state index in [-0.39, 0.29) is 23.2 Å². The van der Waals surface area contributed by atoms with E-state index in [1.54, 1.807) is 29.2 Å². The monoisotopic (exact) mass is 483 g/mol. The van der Waals surface area contributed by atoms with Gasteiger partial charge in [-0.3, -0.25) is 9.52 Å². The molecule has 0 unspecified atom stereocenters. The van der Waals surface area contributed by atoms with Crippen LogP contribution in [-0.4, -0.2) is 52.0 Å². The molecule has 0 aliphatic carbocycles. The summed E-state index contributed by atoms with van der Waals surface area (Å²) in [6, 6.07) is 19.3. The summed E-state index contributed by atoms with van der Waals surface area (Å²) in [6.07, 6.45) is 0. The Morgan fingerprint density at radius 3 is 2.15 bits per heavy atom. The van der Waals surface area contributed by atoms with Crippen molar-refractivity contribution < 1.29 is 22.3 Å². The van der Waals surface area contributed by atoms with Crippen molar-refractivity contribution >= 4 is 27.3 Å². The van der Waals surface area contributed by atoms with Gasteiger partial charge in [0.25, 0.3) is 15.9 Å². The van der Waals surface area contributed by atoms with Crippen molar-refractivity contribution in [1.29, 1.82) is 0 Å². The molecule has 0 saturated carbocycles. The maximum atomic E-state index is 13.1. The van der Waals surface area contributed by atoms with Gasteiger partial charge in [-0.2, -0.15) is 0 Å². The Labute approximate surface area is 198 Å². The number of carbonyl (C=O) groups excluding carboxylic acids is 1. The molecule has 4 rings (SSSR count). The van der Waals surface area contributed by atoms with Crippen molar-refractivity contribution in [2.75, 3.05) is 42.4 Å². The first-order valence-corrected chi connectivity index (χ1v) is 12.4. The number of anilines is 2. The van der Waals surface area contributed by atoms with E-state index in [1.165, 1.54) is 36.4 Å². The van der Waals surface area contributed by atoms with Gasteiger partial charge in [-0.15, -0.1) is 0 Å². The molecule has 1 saturated heterocycles. The van der Waals surface area contributed by atoms with E-state index in [9.17, 15) is 17.6 Å². The number of hydrogen-bond acceptors (Lipinski definition) is 5. The number of piperazine rings is 1. The summed E-state index contributed by atoms with van der Waals surface area (Å²) in [5.74, 6) is -0.00745. The molecule has 1 heterocycles. The summed E-state index contributed by atoms with van der Waals surface area (Å²) < 4.78 is 46.4. The molecular weight excluding hydrogens is 457 g/mol. The lowest BCUT2D eigenvalue weighted by atomic mass is 10.2. The molecule has 9 heteroatoms. The van der Waals surface area contributed by atoms with Crippen LogP contribution in [0.4, 0.5) is 15.8 Å². The lowest BCUT2D eigenvalue weighted by molar-refractivity contribution is -0.133. The third-order valence-electron chi connectivity index (χ3n) is 5.62. The Hall–Kier alpha value is -3.59. The van der Waals surface area contributed by atoms with E-state index in [0.717, 1.165) is 11.3 Å². The normalized spacial score (nSPS) is 14.1. The van der Waals surface area contributed by atoms with E-state index in [2.05, 4.69) is 9.62 Å². The van der Waals surface area contributed by atoms with Gasteiger partial charge in [0, 0.05) is 37.6 Å². The smallest absolute Gasteiger partial charge is 0.261 e. The number of benzene rings is 3. The molecular formula is C25H26FN3O4S. The van der Waals surface area contributed by atoms with Gasteiger partial charge in [0.1, 0.15) is 11.6 Å². The van der Waals surface area contributed by atoms with Crippen LogP contribution in [0.2, 0.25) is 0 Å². The van der Waals surface area contributed by atoms with Crippen LogP contribution in [0.15, 0.2) is 77.7 Å². The zero-order valence-electron chi connectivity index (χ0n) is 18.8. The number of amides is 1. The van der Waals surface area contributed by atoms with Crippen LogP contribution in [0.1, 0.15) is 5.56 Å². The first kappa shape index (κ1) is 23.6. The van der Waals surface area contributed by atoms with Crippen molar-refractivity contribution in [2.45, 2.75) is 11.8 Å². The first-order chi connectivity index (χ1) is 16.3. The first-order valence-electron chi connectivity index (χ1n) is 10.9. The second kappa shape index (κ2) is 10.1. The second-order valence-electron chi connectivity index (χ2n) is 8.08. The summed E-state index contributed by atoms with van der Waals surface area (Å²) in [4.78, 5) is 16.5. The molecule has 1 N–H and O–H groups in total. The molecule has 7 nitrogen and oxygen atoms in total. The zero-order valence-corrected chi connectivity index (χ0v) is 19.6. The van der Waals surface area contributed by atoms with Crippen LogP contribution in [0.3, 0.4) is 0 Å². The third kappa shape index (κ3) is 5.85. The number of halogens is 1. The number of rotatable bonds is 7. The highest BCUT2D eigenvalue weighted by Gasteiger charge is 2.22. The summed E-state index contributed by atoms with van der Waals surface area (Å²) in [5, 5.41) is 0. The molecule has 1 aliphatic rings. The number of hydrogen-bond donors (Lipinski definition) is 1. The SMILES string of the molecule is Cc1ccc(NS(=O)(=O)c2ccc(OCC(=O)N3CCN(c4ccc(F)cc4)CC3)cc2)cc1. The Balaban J connectivity index is 1.27. The zero-order chi connectivity index (χ0) is 24.1. The molecule has 0 spiro atoms. The molecule has 0 radical (unpaired) electrons. The summed E-state index contributed by atoms with van der Waals surface area (Å²) >= 11 is 0. The molecule has 1 aliphatic heterocycles. The third-order valence-corrected chi connectivity index (χ3v) is 7.02. The molecule has 1 fully saturated rings. The Kier molecular flexibility index (Phi) is 7.02. The Bertz CT molecular complexity index is 1220. The fourth-order valence-electron chi connectivity index (χ4n) is 3.65. The van der Waals surface area contributed by atoms with Gasteiger partial charge in [0.2, 0.25) is 0 Å². The van der Waals surface area contributed by atoms with E-state index in [4.69, 9.17) is 4.74 Å². The minimum atomic E-state index is -3.73. The largest absolute Gasteiger partial charge is 0.484 e. The fourth-order valence-corrected chi connectivity index (χ4v) is 4.71. The van der Waals surface area contributed by atoms with Gasteiger partial charge >= 0.3 is 0 Å². The lowest BCUT2D eigenvalue weighted by Gasteiger charge is -2.36. The van der Waals surface area contributed by atoms with Gasteiger partial charge in [-0.25, -0.2) is 12.8 Å². The van der Waals surface area contributed by atoms with Crippen molar-refractivity contribution in [3.05, 3.63) is 84.2 Å². The van der Waals surface area contributed by atoms with Crippen molar-refractivity contribution in [1.82, 2.24) is 4.90 Å². The molecule has 0 atom stereocenters. The molecule has 3 aromatic rings. The van der Waals surface area contributed by atoms with E-state index < -0.39 is 10.0 Å². The highest BCUT2D eigenvalue weighted by atomic mass is 32.2. The maximum absolute atomic E-state index is 13.1. The Morgan fingerprint density at radius 1 is 0.912 bits per heavy atom. The van der Waals surface area contributed by atoms with Gasteiger partial charge in [0.15, 0.2) is 6.61 Å². The molecule has 34 heavy (non-hydrogen) atoms. The predicted molar refractivity (Wildman–Crippen MR) is 129 cm³/mol. The van der Waals surface area contributed by atoms with Crippen LogP contribution in [-0.2, 0) is 14.8 Å². The van der Waals surface area contributed by atoms with Gasteiger partial charge in [-0.05, 0) is 67.6 Å². The minimum Gasteiger partial charge on any atom is -0.484 e. The number of nitrogens with one attached hydrogen (secondary N) is 1. The van der Waals surface area contributed by atoms with Crippen LogP contribution >= 0.6 is 0 Å².